The highest BCUT2D eigenvalue weighted by molar-refractivity contribution is 5.95. The van der Waals surface area contributed by atoms with Crippen LogP contribution in [0.1, 0.15) is 26.7 Å². The molecule has 0 amide bonds. The van der Waals surface area contributed by atoms with E-state index in [1.165, 1.54) is 0 Å². The molecule has 0 radical (unpaired) electrons. The second-order valence-electron chi connectivity index (χ2n) is 3.99. The minimum atomic E-state index is -0.315. The first-order chi connectivity index (χ1) is 7.15. The van der Waals surface area contributed by atoms with Gasteiger partial charge in [0.05, 0.1) is 0 Å². The number of hydrogen-bond acceptors (Lipinski definition) is 2. The van der Waals surface area contributed by atoms with Gasteiger partial charge in [0, 0.05) is 0 Å². The molecule has 0 aliphatic carbocycles. The van der Waals surface area contributed by atoms with Crippen molar-refractivity contribution in [3.05, 3.63) is 36.6 Å². The first-order valence-electron chi connectivity index (χ1n) is 5.34. The average Bonchev–Trinajstić information content (AvgIpc) is 2.20. The zero-order chi connectivity index (χ0) is 11.3. The van der Waals surface area contributed by atoms with E-state index in [0.717, 1.165) is 18.6 Å². The molecule has 0 saturated carbocycles. The van der Waals surface area contributed by atoms with Crippen LogP contribution in [0.5, 0.6) is 0 Å². The molecule has 0 spiro atoms. The van der Waals surface area contributed by atoms with Crippen molar-refractivity contribution >= 4 is 5.78 Å². The van der Waals surface area contributed by atoms with Crippen molar-refractivity contribution in [1.29, 1.82) is 0 Å². The maximum absolute atomic E-state index is 11.5. The van der Waals surface area contributed by atoms with Crippen LogP contribution in [0, 0.1) is 5.92 Å². The van der Waals surface area contributed by atoms with Gasteiger partial charge in [0.15, 0.2) is 11.9 Å². The number of rotatable bonds is 4. The fourth-order valence-corrected chi connectivity index (χ4v) is 1.43. The Kier molecular flexibility index (Phi) is 4.35. The van der Waals surface area contributed by atoms with Gasteiger partial charge in [-0.1, -0.05) is 19.9 Å². The SMILES string of the molecule is C=CCC/C=C1\C=CC(=O)C(C(C)C)O1. The molecule has 0 aromatic heterocycles. The molecule has 1 unspecified atom stereocenters. The lowest BCUT2D eigenvalue weighted by atomic mass is 10.0. The Morgan fingerprint density at radius 1 is 1.47 bits per heavy atom. The highest BCUT2D eigenvalue weighted by Crippen LogP contribution is 2.19. The van der Waals surface area contributed by atoms with Crippen molar-refractivity contribution in [2.24, 2.45) is 5.92 Å². The van der Waals surface area contributed by atoms with Crippen molar-refractivity contribution in [3.8, 4) is 0 Å². The molecule has 82 valence electrons. The number of carbonyl (C=O) groups excluding carboxylic acids is 1. The van der Waals surface area contributed by atoms with Crippen LogP contribution in [-0.4, -0.2) is 11.9 Å². The summed E-state index contributed by atoms with van der Waals surface area (Å²) in [5.41, 5.74) is 0. The molecule has 0 saturated heterocycles. The Balaban J connectivity index is 2.64. The largest absolute Gasteiger partial charge is 0.482 e. The van der Waals surface area contributed by atoms with Crippen LogP contribution in [0.25, 0.3) is 0 Å². The first kappa shape index (κ1) is 11.8. The van der Waals surface area contributed by atoms with Crippen LogP contribution >= 0.6 is 0 Å². The van der Waals surface area contributed by atoms with E-state index in [1.54, 1.807) is 12.2 Å². The Bertz CT molecular complexity index is 298. The maximum atomic E-state index is 11.5. The first-order valence-corrected chi connectivity index (χ1v) is 5.34. The van der Waals surface area contributed by atoms with E-state index in [1.807, 2.05) is 26.0 Å². The van der Waals surface area contributed by atoms with Gasteiger partial charge in [0.25, 0.3) is 0 Å². The van der Waals surface area contributed by atoms with E-state index >= 15 is 0 Å². The Hall–Kier alpha value is -1.31. The monoisotopic (exact) mass is 206 g/mol. The fraction of sp³-hybridized carbons (Fsp3) is 0.462. The van der Waals surface area contributed by atoms with Gasteiger partial charge in [-0.15, -0.1) is 6.58 Å². The lowest BCUT2D eigenvalue weighted by Gasteiger charge is -2.23. The standard InChI is InChI=1S/C13H18O2/c1-4-5-6-7-11-8-9-12(14)13(15-11)10(2)3/h4,7-10,13H,1,5-6H2,2-3H3/b11-7+. The van der Waals surface area contributed by atoms with Crippen LogP contribution in [0.4, 0.5) is 0 Å². The van der Waals surface area contributed by atoms with E-state index in [9.17, 15) is 4.79 Å². The minimum absolute atomic E-state index is 0.0610. The highest BCUT2D eigenvalue weighted by atomic mass is 16.5. The molecule has 0 aromatic carbocycles. The molecule has 1 aliphatic heterocycles. The lowest BCUT2D eigenvalue weighted by molar-refractivity contribution is -0.126. The van der Waals surface area contributed by atoms with Gasteiger partial charge in [-0.25, -0.2) is 0 Å². The molecule has 0 N–H and O–H groups in total. The highest BCUT2D eigenvalue weighted by Gasteiger charge is 2.25. The number of carbonyl (C=O) groups is 1. The molecular weight excluding hydrogens is 188 g/mol. The van der Waals surface area contributed by atoms with Crippen LogP contribution in [0.3, 0.4) is 0 Å². The number of allylic oxidation sites excluding steroid dienone is 3. The molecule has 1 rings (SSSR count). The van der Waals surface area contributed by atoms with Crippen LogP contribution in [0.15, 0.2) is 36.6 Å². The Morgan fingerprint density at radius 3 is 2.80 bits per heavy atom. The van der Waals surface area contributed by atoms with Crippen LogP contribution in [-0.2, 0) is 9.53 Å². The summed E-state index contributed by atoms with van der Waals surface area (Å²) in [5, 5.41) is 0. The smallest absolute Gasteiger partial charge is 0.196 e. The van der Waals surface area contributed by atoms with Gasteiger partial charge in [-0.2, -0.15) is 0 Å². The molecule has 1 atom stereocenters. The quantitative estimate of drug-likeness (QED) is 0.522. The van der Waals surface area contributed by atoms with E-state index in [4.69, 9.17) is 4.74 Å². The average molecular weight is 206 g/mol. The van der Waals surface area contributed by atoms with E-state index < -0.39 is 0 Å². The number of ketones is 1. The number of unbranched alkanes of at least 4 members (excludes halogenated alkanes) is 1. The summed E-state index contributed by atoms with van der Waals surface area (Å²) in [6, 6.07) is 0. The second kappa shape index (κ2) is 5.54. The summed E-state index contributed by atoms with van der Waals surface area (Å²) in [7, 11) is 0. The van der Waals surface area contributed by atoms with E-state index in [-0.39, 0.29) is 17.8 Å². The summed E-state index contributed by atoms with van der Waals surface area (Å²) in [4.78, 5) is 11.5. The Morgan fingerprint density at radius 2 is 2.20 bits per heavy atom. The summed E-state index contributed by atoms with van der Waals surface area (Å²) < 4.78 is 5.60. The number of ether oxygens (including phenoxy) is 1. The van der Waals surface area contributed by atoms with Gasteiger partial charge in [-0.3, -0.25) is 4.79 Å². The molecule has 1 heterocycles. The molecule has 2 heteroatoms. The fourth-order valence-electron chi connectivity index (χ4n) is 1.43. The van der Waals surface area contributed by atoms with Crippen molar-refractivity contribution in [2.75, 3.05) is 0 Å². The molecule has 0 fully saturated rings. The predicted molar refractivity (Wildman–Crippen MR) is 61.4 cm³/mol. The molecule has 2 nitrogen and oxygen atoms in total. The summed E-state index contributed by atoms with van der Waals surface area (Å²) in [6.45, 7) is 7.63. The topological polar surface area (TPSA) is 26.3 Å². The molecule has 15 heavy (non-hydrogen) atoms. The van der Waals surface area contributed by atoms with Crippen molar-refractivity contribution < 1.29 is 9.53 Å². The van der Waals surface area contributed by atoms with Crippen LogP contribution in [0.2, 0.25) is 0 Å². The minimum Gasteiger partial charge on any atom is -0.482 e. The molecule has 0 aromatic rings. The van der Waals surface area contributed by atoms with E-state index in [2.05, 4.69) is 6.58 Å². The number of hydrogen-bond donors (Lipinski definition) is 0. The van der Waals surface area contributed by atoms with Gasteiger partial charge >= 0.3 is 0 Å². The van der Waals surface area contributed by atoms with Crippen molar-refractivity contribution in [3.63, 3.8) is 0 Å². The molecular formula is C13H18O2. The zero-order valence-corrected chi connectivity index (χ0v) is 9.40. The van der Waals surface area contributed by atoms with Gasteiger partial charge in [0.1, 0.15) is 5.76 Å². The van der Waals surface area contributed by atoms with Crippen molar-refractivity contribution in [1.82, 2.24) is 0 Å². The van der Waals surface area contributed by atoms with E-state index in [0.29, 0.717) is 0 Å². The van der Waals surface area contributed by atoms with Crippen LogP contribution < -0.4 is 0 Å². The van der Waals surface area contributed by atoms with Gasteiger partial charge in [0.2, 0.25) is 0 Å². The lowest BCUT2D eigenvalue weighted by Crippen LogP contribution is -2.30. The summed E-state index contributed by atoms with van der Waals surface area (Å²) in [6.07, 6.45) is 8.74. The molecule has 1 aliphatic rings. The van der Waals surface area contributed by atoms with Crippen molar-refractivity contribution in [2.45, 2.75) is 32.8 Å². The van der Waals surface area contributed by atoms with Gasteiger partial charge < -0.3 is 4.74 Å². The predicted octanol–water partition coefficient (Wildman–Crippen LogP) is 3.02. The van der Waals surface area contributed by atoms with Gasteiger partial charge in [-0.05, 0) is 37.0 Å². The normalized spacial score (nSPS) is 23.3. The zero-order valence-electron chi connectivity index (χ0n) is 9.40. The molecule has 0 bridgehead atoms. The third-order valence-electron chi connectivity index (χ3n) is 2.28. The summed E-state index contributed by atoms with van der Waals surface area (Å²) in [5.74, 6) is 1.08. The second-order valence-corrected chi connectivity index (χ2v) is 3.99. The Labute approximate surface area is 91.3 Å². The third kappa shape index (κ3) is 3.39. The summed E-state index contributed by atoms with van der Waals surface area (Å²) >= 11 is 0. The third-order valence-corrected chi connectivity index (χ3v) is 2.28. The maximum Gasteiger partial charge on any atom is 0.196 e.